The largest absolute Gasteiger partial charge is 0.363 e. The third-order valence-electron chi connectivity index (χ3n) is 5.87. The predicted molar refractivity (Wildman–Crippen MR) is 138 cm³/mol. The summed E-state index contributed by atoms with van der Waals surface area (Å²) in [7, 11) is -3.29. The second-order valence-electron chi connectivity index (χ2n) is 8.26. The van der Waals surface area contributed by atoms with E-state index in [1.807, 2.05) is 18.2 Å². The van der Waals surface area contributed by atoms with Gasteiger partial charge in [-0.2, -0.15) is 0 Å². The summed E-state index contributed by atoms with van der Waals surface area (Å²) in [6.07, 6.45) is 2.54. The fourth-order valence-corrected chi connectivity index (χ4v) is 5.48. The number of benzene rings is 4. The van der Waals surface area contributed by atoms with Crippen LogP contribution in [0.4, 0.5) is 4.39 Å². The molecule has 4 nitrogen and oxygen atoms in total. The van der Waals surface area contributed by atoms with Crippen LogP contribution in [0.1, 0.15) is 22.1 Å². The first-order chi connectivity index (χ1) is 16.9. The van der Waals surface area contributed by atoms with E-state index >= 15 is 0 Å². The molecule has 1 aromatic heterocycles. The van der Waals surface area contributed by atoms with Crippen LogP contribution in [-0.4, -0.2) is 19.7 Å². The van der Waals surface area contributed by atoms with E-state index in [9.17, 15) is 12.8 Å². The van der Waals surface area contributed by atoms with Gasteiger partial charge in [0, 0.05) is 12.5 Å². The van der Waals surface area contributed by atoms with Crippen LogP contribution in [0.5, 0.6) is 0 Å². The molecule has 7 heteroatoms. The van der Waals surface area contributed by atoms with Gasteiger partial charge in [0.2, 0.25) is 0 Å². The Bertz CT molecular complexity index is 1560. The molecular weight excluding hydrogens is 481 g/mol. The van der Waals surface area contributed by atoms with Crippen molar-refractivity contribution in [2.75, 3.05) is 6.26 Å². The summed E-state index contributed by atoms with van der Waals surface area (Å²) < 4.78 is 43.9. The molecule has 5 rings (SSSR count). The molecule has 4 aromatic carbocycles. The van der Waals surface area contributed by atoms with Gasteiger partial charge in [0.05, 0.1) is 21.9 Å². The standard InChI is InChI=1S/C28H22FNO3S2/c1-35(31,32)24-14-10-21(11-15-24)28(26-16-30-18-34-26)33-17-22-7-6-19-4-2-3-5-25(19)27(22)20-8-12-23(29)13-9-20/h2-16,18,28H,17H2,1H3. The van der Waals surface area contributed by atoms with E-state index in [-0.39, 0.29) is 10.7 Å². The van der Waals surface area contributed by atoms with Crippen LogP contribution < -0.4 is 0 Å². The van der Waals surface area contributed by atoms with Crippen molar-refractivity contribution in [3.8, 4) is 11.1 Å². The van der Waals surface area contributed by atoms with Crippen LogP contribution in [0, 0.1) is 5.82 Å². The summed E-state index contributed by atoms with van der Waals surface area (Å²) in [5, 5.41) is 2.15. The van der Waals surface area contributed by atoms with Crippen LogP contribution in [0.15, 0.2) is 102 Å². The molecule has 0 aliphatic carbocycles. The monoisotopic (exact) mass is 503 g/mol. The van der Waals surface area contributed by atoms with Crippen molar-refractivity contribution in [1.82, 2.24) is 4.98 Å². The normalized spacial score (nSPS) is 12.6. The molecule has 0 N–H and O–H groups in total. The molecule has 0 aliphatic rings. The Hall–Kier alpha value is -3.39. The number of hydrogen-bond donors (Lipinski definition) is 0. The van der Waals surface area contributed by atoms with Crippen molar-refractivity contribution in [2.24, 2.45) is 0 Å². The Labute approximate surface area is 207 Å². The third-order valence-corrected chi connectivity index (χ3v) is 7.82. The Kier molecular flexibility index (Phi) is 6.47. The molecule has 1 atom stereocenters. The minimum absolute atomic E-state index is 0.262. The number of aromatic nitrogens is 1. The number of hydrogen-bond acceptors (Lipinski definition) is 5. The maximum atomic E-state index is 13.7. The molecule has 0 fully saturated rings. The Balaban J connectivity index is 1.53. The SMILES string of the molecule is CS(=O)(=O)c1ccc(C(OCc2ccc3ccccc3c2-c2ccc(F)cc2)c2cncs2)cc1. The zero-order chi connectivity index (χ0) is 24.4. The van der Waals surface area contributed by atoms with Crippen molar-refractivity contribution in [3.05, 3.63) is 118 Å². The van der Waals surface area contributed by atoms with E-state index in [1.54, 1.807) is 48.1 Å². The van der Waals surface area contributed by atoms with Gasteiger partial charge < -0.3 is 4.74 Å². The van der Waals surface area contributed by atoms with Gasteiger partial charge in [-0.1, -0.05) is 60.7 Å². The molecule has 0 bridgehead atoms. The Morgan fingerprint density at radius 3 is 2.37 bits per heavy atom. The summed E-state index contributed by atoms with van der Waals surface area (Å²) in [4.78, 5) is 5.38. The first kappa shape index (κ1) is 23.4. The summed E-state index contributed by atoms with van der Waals surface area (Å²) in [6, 6.07) is 25.4. The Morgan fingerprint density at radius 1 is 0.943 bits per heavy atom. The highest BCUT2D eigenvalue weighted by Gasteiger charge is 2.19. The highest BCUT2D eigenvalue weighted by atomic mass is 32.2. The van der Waals surface area contributed by atoms with Crippen molar-refractivity contribution < 1.29 is 17.5 Å². The first-order valence-electron chi connectivity index (χ1n) is 11.0. The summed E-state index contributed by atoms with van der Waals surface area (Å²) in [6.45, 7) is 0.300. The lowest BCUT2D eigenvalue weighted by molar-refractivity contribution is 0.0692. The molecule has 5 aromatic rings. The maximum Gasteiger partial charge on any atom is 0.175 e. The van der Waals surface area contributed by atoms with Gasteiger partial charge in [0.25, 0.3) is 0 Å². The van der Waals surface area contributed by atoms with E-state index in [0.29, 0.717) is 6.61 Å². The minimum Gasteiger partial charge on any atom is -0.363 e. The van der Waals surface area contributed by atoms with Crippen molar-refractivity contribution in [1.29, 1.82) is 0 Å². The molecule has 35 heavy (non-hydrogen) atoms. The van der Waals surface area contributed by atoms with Crippen LogP contribution >= 0.6 is 11.3 Å². The third kappa shape index (κ3) is 5.03. The van der Waals surface area contributed by atoms with Gasteiger partial charge in [-0.05, 0) is 57.3 Å². The average molecular weight is 504 g/mol. The minimum atomic E-state index is -3.29. The molecule has 1 heterocycles. The molecular formula is C28H22FNO3S2. The van der Waals surface area contributed by atoms with Crippen LogP contribution in [0.25, 0.3) is 21.9 Å². The zero-order valence-electron chi connectivity index (χ0n) is 18.9. The molecule has 176 valence electrons. The van der Waals surface area contributed by atoms with Crippen molar-refractivity contribution >= 4 is 31.9 Å². The second-order valence-corrected chi connectivity index (χ2v) is 11.2. The van der Waals surface area contributed by atoms with Gasteiger partial charge in [0.1, 0.15) is 11.9 Å². The molecule has 0 amide bonds. The lowest BCUT2D eigenvalue weighted by atomic mass is 9.93. The number of sulfone groups is 1. The van der Waals surface area contributed by atoms with E-state index in [2.05, 4.69) is 23.2 Å². The molecule has 0 aliphatic heterocycles. The average Bonchev–Trinajstić information content (AvgIpc) is 3.39. The highest BCUT2D eigenvalue weighted by molar-refractivity contribution is 7.90. The first-order valence-corrected chi connectivity index (χ1v) is 13.7. The predicted octanol–water partition coefficient (Wildman–Crippen LogP) is 6.81. The number of nitrogens with zero attached hydrogens (tertiary/aromatic N) is 1. The smallest absolute Gasteiger partial charge is 0.175 e. The fourth-order valence-electron chi connectivity index (χ4n) is 4.16. The maximum absolute atomic E-state index is 13.7. The van der Waals surface area contributed by atoms with E-state index in [1.165, 1.54) is 29.7 Å². The van der Waals surface area contributed by atoms with Gasteiger partial charge in [-0.3, -0.25) is 4.98 Å². The van der Waals surface area contributed by atoms with E-state index in [4.69, 9.17) is 4.74 Å². The van der Waals surface area contributed by atoms with Gasteiger partial charge in [-0.15, -0.1) is 11.3 Å². The van der Waals surface area contributed by atoms with E-state index in [0.717, 1.165) is 37.9 Å². The summed E-state index contributed by atoms with van der Waals surface area (Å²) in [5.41, 5.74) is 5.46. The van der Waals surface area contributed by atoms with E-state index < -0.39 is 15.9 Å². The Morgan fingerprint density at radius 2 is 1.69 bits per heavy atom. The van der Waals surface area contributed by atoms with Gasteiger partial charge in [-0.25, -0.2) is 12.8 Å². The number of rotatable bonds is 7. The van der Waals surface area contributed by atoms with Gasteiger partial charge in [0.15, 0.2) is 9.84 Å². The number of thiazole rings is 1. The molecule has 0 spiro atoms. The molecule has 1 unspecified atom stereocenters. The zero-order valence-corrected chi connectivity index (χ0v) is 20.5. The number of halogens is 1. The number of ether oxygens (including phenoxy) is 1. The summed E-state index contributed by atoms with van der Waals surface area (Å²) in [5.74, 6) is -0.283. The lowest BCUT2D eigenvalue weighted by Gasteiger charge is -2.20. The molecule has 0 saturated carbocycles. The van der Waals surface area contributed by atoms with Crippen LogP contribution in [0.2, 0.25) is 0 Å². The topological polar surface area (TPSA) is 56.3 Å². The molecule has 0 saturated heterocycles. The van der Waals surface area contributed by atoms with Gasteiger partial charge >= 0.3 is 0 Å². The van der Waals surface area contributed by atoms with Crippen molar-refractivity contribution in [2.45, 2.75) is 17.6 Å². The van der Waals surface area contributed by atoms with Crippen molar-refractivity contribution in [3.63, 3.8) is 0 Å². The molecule has 0 radical (unpaired) electrons. The lowest BCUT2D eigenvalue weighted by Crippen LogP contribution is -2.07. The quantitative estimate of drug-likeness (QED) is 0.245. The van der Waals surface area contributed by atoms with Crippen LogP contribution in [0.3, 0.4) is 0 Å². The second kappa shape index (κ2) is 9.70. The highest BCUT2D eigenvalue weighted by Crippen LogP contribution is 2.35. The summed E-state index contributed by atoms with van der Waals surface area (Å²) >= 11 is 1.48. The number of fused-ring (bicyclic) bond motifs is 1. The van der Waals surface area contributed by atoms with Crippen LogP contribution in [-0.2, 0) is 21.2 Å². The fraction of sp³-hybridized carbons (Fsp3) is 0.107.